The molecule has 1 N–H and O–H groups in total. The largest absolute Gasteiger partial charge is 0.444 e. The summed E-state index contributed by atoms with van der Waals surface area (Å²) in [4.78, 5) is 13.5. The highest BCUT2D eigenvalue weighted by Gasteiger charge is 2.25. The normalized spacial score (nSPS) is 15.2. The van der Waals surface area contributed by atoms with Crippen LogP contribution >= 0.6 is 0 Å². The Labute approximate surface area is 116 Å². The van der Waals surface area contributed by atoms with Gasteiger partial charge in [0, 0.05) is 24.8 Å². The highest BCUT2D eigenvalue weighted by atomic mass is 19.2. The maximum Gasteiger partial charge on any atom is 0.410 e. The summed E-state index contributed by atoms with van der Waals surface area (Å²) >= 11 is 0. The fourth-order valence-electron chi connectivity index (χ4n) is 1.98. The van der Waals surface area contributed by atoms with Crippen LogP contribution in [0.4, 0.5) is 19.3 Å². The third-order valence-corrected chi connectivity index (χ3v) is 2.86. The lowest BCUT2D eigenvalue weighted by atomic mass is 10.1. The Kier molecular flexibility index (Phi) is 3.83. The molecule has 0 bridgehead atoms. The molecule has 1 aliphatic rings. The van der Waals surface area contributed by atoms with Gasteiger partial charge in [0.1, 0.15) is 5.60 Å². The first kappa shape index (κ1) is 14.6. The summed E-state index contributed by atoms with van der Waals surface area (Å²) in [5.74, 6) is -1.82. The minimum absolute atomic E-state index is 0.189. The van der Waals surface area contributed by atoms with Crippen molar-refractivity contribution in [3.63, 3.8) is 0 Å². The van der Waals surface area contributed by atoms with E-state index in [9.17, 15) is 13.6 Å². The number of carbonyl (C=O) groups excluding carboxylic acids is 1. The van der Waals surface area contributed by atoms with E-state index >= 15 is 0 Å². The molecule has 0 aromatic heterocycles. The Morgan fingerprint density at radius 1 is 1.30 bits per heavy atom. The standard InChI is InChI=1S/C14H18F2N2O2/c1-14(2,3)20-13(19)18-5-4-17-12-7-11(16)10(15)6-9(12)8-18/h6-7,17H,4-5,8H2,1-3H3. The molecule has 1 aliphatic heterocycles. The molecule has 0 atom stereocenters. The van der Waals surface area contributed by atoms with Crippen molar-refractivity contribution in [2.75, 3.05) is 18.4 Å². The van der Waals surface area contributed by atoms with Crippen LogP contribution in [0.25, 0.3) is 0 Å². The Morgan fingerprint density at radius 2 is 1.95 bits per heavy atom. The second kappa shape index (κ2) is 5.26. The van der Waals surface area contributed by atoms with E-state index in [4.69, 9.17) is 4.74 Å². The first-order chi connectivity index (χ1) is 9.26. The molecule has 1 heterocycles. The van der Waals surface area contributed by atoms with Crippen LogP contribution in [0.3, 0.4) is 0 Å². The minimum atomic E-state index is -0.920. The number of nitrogens with zero attached hydrogens (tertiary/aromatic N) is 1. The number of anilines is 1. The number of fused-ring (bicyclic) bond motifs is 1. The van der Waals surface area contributed by atoms with E-state index in [1.807, 2.05) is 0 Å². The molecule has 6 heteroatoms. The highest BCUT2D eigenvalue weighted by molar-refractivity contribution is 5.69. The third-order valence-electron chi connectivity index (χ3n) is 2.86. The van der Waals surface area contributed by atoms with Crippen LogP contribution < -0.4 is 5.32 Å². The fourth-order valence-corrected chi connectivity index (χ4v) is 1.98. The zero-order valence-electron chi connectivity index (χ0n) is 11.8. The lowest BCUT2D eigenvalue weighted by Gasteiger charge is -2.26. The van der Waals surface area contributed by atoms with Crippen molar-refractivity contribution >= 4 is 11.8 Å². The molecule has 0 fully saturated rings. The molecule has 1 aromatic carbocycles. The SMILES string of the molecule is CC(C)(C)OC(=O)N1CCNc2cc(F)c(F)cc2C1. The molecule has 1 amide bonds. The van der Waals surface area contributed by atoms with E-state index in [0.717, 1.165) is 12.1 Å². The molecule has 0 radical (unpaired) electrons. The van der Waals surface area contributed by atoms with Crippen LogP contribution in [0.15, 0.2) is 12.1 Å². The van der Waals surface area contributed by atoms with Gasteiger partial charge in [0.15, 0.2) is 11.6 Å². The number of rotatable bonds is 0. The summed E-state index contributed by atoms with van der Waals surface area (Å²) < 4.78 is 31.8. The molecular weight excluding hydrogens is 266 g/mol. The van der Waals surface area contributed by atoms with Crippen molar-refractivity contribution in [1.29, 1.82) is 0 Å². The van der Waals surface area contributed by atoms with Gasteiger partial charge in [-0.1, -0.05) is 0 Å². The Morgan fingerprint density at radius 3 is 2.60 bits per heavy atom. The lowest BCUT2D eigenvalue weighted by molar-refractivity contribution is 0.0245. The minimum Gasteiger partial charge on any atom is -0.444 e. The van der Waals surface area contributed by atoms with Crippen LogP contribution in [0.5, 0.6) is 0 Å². The van der Waals surface area contributed by atoms with Gasteiger partial charge >= 0.3 is 6.09 Å². The van der Waals surface area contributed by atoms with Crippen molar-refractivity contribution in [3.8, 4) is 0 Å². The van der Waals surface area contributed by atoms with Gasteiger partial charge in [-0.15, -0.1) is 0 Å². The summed E-state index contributed by atoms with van der Waals surface area (Å²) in [7, 11) is 0. The molecule has 20 heavy (non-hydrogen) atoms. The van der Waals surface area contributed by atoms with Crippen molar-refractivity contribution in [2.45, 2.75) is 32.9 Å². The predicted molar refractivity (Wildman–Crippen MR) is 71.5 cm³/mol. The Bertz CT molecular complexity index is 527. The number of halogens is 2. The summed E-state index contributed by atoms with van der Waals surface area (Å²) in [5.41, 5.74) is 0.454. The lowest BCUT2D eigenvalue weighted by Crippen LogP contribution is -2.37. The number of benzene rings is 1. The zero-order valence-corrected chi connectivity index (χ0v) is 11.8. The third kappa shape index (κ3) is 3.37. The first-order valence-corrected chi connectivity index (χ1v) is 6.46. The molecule has 110 valence electrons. The quantitative estimate of drug-likeness (QED) is 0.796. The summed E-state index contributed by atoms with van der Waals surface area (Å²) in [5, 5.41) is 2.98. The number of nitrogens with one attached hydrogen (secondary N) is 1. The summed E-state index contributed by atoms with van der Waals surface area (Å²) in [6.45, 7) is 6.40. The van der Waals surface area contributed by atoms with Crippen molar-refractivity contribution in [3.05, 3.63) is 29.3 Å². The number of ether oxygens (including phenoxy) is 1. The van der Waals surface area contributed by atoms with Crippen molar-refractivity contribution in [2.24, 2.45) is 0 Å². The Hall–Kier alpha value is -1.85. The molecule has 0 unspecified atom stereocenters. The van der Waals surface area contributed by atoms with Crippen LogP contribution in [0, 0.1) is 11.6 Å². The molecule has 0 aliphatic carbocycles. The van der Waals surface area contributed by atoms with Crippen molar-refractivity contribution in [1.82, 2.24) is 4.90 Å². The molecule has 2 rings (SSSR count). The second-order valence-corrected chi connectivity index (χ2v) is 5.75. The number of amides is 1. The van der Waals surface area contributed by atoms with Gasteiger partial charge in [-0.3, -0.25) is 0 Å². The molecular formula is C14H18F2N2O2. The van der Waals surface area contributed by atoms with E-state index < -0.39 is 23.3 Å². The van der Waals surface area contributed by atoms with Gasteiger partial charge in [-0.25, -0.2) is 13.6 Å². The highest BCUT2D eigenvalue weighted by Crippen LogP contribution is 2.24. The van der Waals surface area contributed by atoms with Crippen LogP contribution in [-0.2, 0) is 11.3 Å². The smallest absolute Gasteiger partial charge is 0.410 e. The average molecular weight is 284 g/mol. The van der Waals surface area contributed by atoms with Gasteiger partial charge < -0.3 is 15.0 Å². The van der Waals surface area contributed by atoms with Crippen LogP contribution in [-0.4, -0.2) is 29.7 Å². The van der Waals surface area contributed by atoms with Gasteiger partial charge in [0.25, 0.3) is 0 Å². The summed E-state index contributed by atoms with van der Waals surface area (Å²) in [6.07, 6.45) is -0.461. The van der Waals surface area contributed by atoms with Gasteiger partial charge in [-0.2, -0.15) is 0 Å². The zero-order chi connectivity index (χ0) is 14.9. The van der Waals surface area contributed by atoms with E-state index in [1.165, 1.54) is 4.90 Å². The molecule has 4 nitrogen and oxygen atoms in total. The second-order valence-electron chi connectivity index (χ2n) is 5.75. The Balaban J connectivity index is 2.19. The average Bonchev–Trinajstić information content (AvgIpc) is 2.50. The van der Waals surface area contributed by atoms with Gasteiger partial charge in [0.2, 0.25) is 0 Å². The van der Waals surface area contributed by atoms with Gasteiger partial charge in [-0.05, 0) is 32.4 Å². The van der Waals surface area contributed by atoms with E-state index in [2.05, 4.69) is 5.32 Å². The molecule has 0 spiro atoms. The van der Waals surface area contributed by atoms with E-state index in [0.29, 0.717) is 24.3 Å². The molecule has 0 saturated carbocycles. The van der Waals surface area contributed by atoms with Crippen LogP contribution in [0.1, 0.15) is 26.3 Å². The van der Waals surface area contributed by atoms with Crippen LogP contribution in [0.2, 0.25) is 0 Å². The number of hydrogen-bond acceptors (Lipinski definition) is 3. The molecule has 1 aromatic rings. The summed E-state index contributed by atoms with van der Waals surface area (Å²) in [6, 6.07) is 2.23. The predicted octanol–water partition coefficient (Wildman–Crippen LogP) is 3.13. The monoisotopic (exact) mass is 284 g/mol. The fraction of sp³-hybridized carbons (Fsp3) is 0.500. The maximum atomic E-state index is 13.3. The number of hydrogen-bond donors (Lipinski definition) is 1. The van der Waals surface area contributed by atoms with Crippen molar-refractivity contribution < 1.29 is 18.3 Å². The first-order valence-electron chi connectivity index (χ1n) is 6.46. The maximum absolute atomic E-state index is 13.3. The van der Waals surface area contributed by atoms with E-state index in [-0.39, 0.29) is 6.54 Å². The van der Waals surface area contributed by atoms with E-state index in [1.54, 1.807) is 20.8 Å². The molecule has 0 saturated heterocycles. The van der Waals surface area contributed by atoms with Gasteiger partial charge in [0.05, 0.1) is 6.54 Å². The topological polar surface area (TPSA) is 41.6 Å². The number of carbonyl (C=O) groups is 1.